The monoisotopic (exact) mass is 318 g/mol. The van der Waals surface area contributed by atoms with Gasteiger partial charge in [-0.05, 0) is 25.5 Å². The number of nitrogens with one attached hydrogen (secondary N) is 1. The largest absolute Gasteiger partial charge is 0.476 e. The normalized spacial score (nSPS) is 10.6. The van der Waals surface area contributed by atoms with E-state index >= 15 is 0 Å². The molecule has 8 heteroatoms. The van der Waals surface area contributed by atoms with E-state index in [1.54, 1.807) is 0 Å². The minimum atomic E-state index is -1.21. The van der Waals surface area contributed by atoms with Crippen LogP contribution in [0.3, 0.4) is 0 Å². The predicted octanol–water partition coefficient (Wildman–Crippen LogP) is 1.38. The number of carbonyl (C=O) groups excluding carboxylic acids is 1. The predicted molar refractivity (Wildman–Crippen MR) is 82.2 cm³/mol. The maximum atomic E-state index is 12.2. The Morgan fingerprint density at radius 3 is 2.70 bits per heavy atom. The van der Waals surface area contributed by atoms with E-state index < -0.39 is 5.97 Å². The molecule has 1 amide bonds. The number of carboxylic acid groups (broad SMARTS) is 1. The summed E-state index contributed by atoms with van der Waals surface area (Å²) in [4.78, 5) is 23.3. The quantitative estimate of drug-likeness (QED) is 0.833. The lowest BCUT2D eigenvalue weighted by Crippen LogP contribution is -2.22. The Morgan fingerprint density at radius 2 is 2.09 bits per heavy atom. The second-order valence-corrected chi connectivity index (χ2v) is 5.15. The average Bonchev–Trinajstić information content (AvgIpc) is 2.85. The molecule has 1 aromatic carbocycles. The summed E-state index contributed by atoms with van der Waals surface area (Å²) in [6, 6.07) is 5.68. The highest BCUT2D eigenvalue weighted by atomic mass is 16.5. The molecule has 2 rings (SSSR count). The number of hydrogen-bond donors (Lipinski definition) is 2. The van der Waals surface area contributed by atoms with Gasteiger partial charge in [0, 0.05) is 12.8 Å². The van der Waals surface area contributed by atoms with Crippen LogP contribution in [-0.2, 0) is 22.7 Å². The highest BCUT2D eigenvalue weighted by Crippen LogP contribution is 2.16. The highest BCUT2D eigenvalue weighted by Gasteiger charge is 2.20. The van der Waals surface area contributed by atoms with Crippen molar-refractivity contribution in [2.24, 2.45) is 0 Å². The van der Waals surface area contributed by atoms with E-state index in [0.29, 0.717) is 5.69 Å². The molecule has 0 saturated carbocycles. The minimum absolute atomic E-state index is 0.00543. The fraction of sp³-hybridized carbons (Fsp3) is 0.333. The molecule has 0 spiro atoms. The fourth-order valence-corrected chi connectivity index (χ4v) is 2.19. The van der Waals surface area contributed by atoms with Crippen molar-refractivity contribution in [3.8, 4) is 0 Å². The standard InChI is InChI=1S/C15H18N4O4/c1-9-4-5-11(10(2)6-9)16-13(20)7-19-12(8-23-3)14(15(21)22)17-18-19/h4-6H,7-8H2,1-3H3,(H,16,20)(H,21,22). The van der Waals surface area contributed by atoms with Gasteiger partial charge in [-0.2, -0.15) is 0 Å². The molecule has 1 heterocycles. The van der Waals surface area contributed by atoms with E-state index in [9.17, 15) is 9.59 Å². The van der Waals surface area contributed by atoms with Crippen LogP contribution in [0.15, 0.2) is 18.2 Å². The Balaban J connectivity index is 2.15. The number of anilines is 1. The number of aromatic nitrogens is 3. The van der Waals surface area contributed by atoms with Crippen molar-refractivity contribution in [2.45, 2.75) is 27.0 Å². The second kappa shape index (κ2) is 7.01. The summed E-state index contributed by atoms with van der Waals surface area (Å²) in [5.74, 6) is -1.53. The molecule has 2 aromatic rings. The van der Waals surface area contributed by atoms with E-state index in [1.165, 1.54) is 11.8 Å². The molecule has 0 aliphatic heterocycles. The van der Waals surface area contributed by atoms with Crippen LogP contribution in [0.1, 0.15) is 27.3 Å². The number of ether oxygens (including phenoxy) is 1. The topological polar surface area (TPSA) is 106 Å². The van der Waals surface area contributed by atoms with Gasteiger partial charge in [0.1, 0.15) is 6.54 Å². The lowest BCUT2D eigenvalue weighted by Gasteiger charge is -2.10. The smallest absolute Gasteiger partial charge is 0.358 e. The van der Waals surface area contributed by atoms with Crippen molar-refractivity contribution in [2.75, 3.05) is 12.4 Å². The van der Waals surface area contributed by atoms with Gasteiger partial charge in [-0.25, -0.2) is 9.48 Å². The van der Waals surface area contributed by atoms with Crippen molar-refractivity contribution in [1.82, 2.24) is 15.0 Å². The SMILES string of the molecule is COCc1c(C(=O)O)nnn1CC(=O)Nc1ccc(C)cc1C. The van der Waals surface area contributed by atoms with E-state index in [2.05, 4.69) is 15.6 Å². The van der Waals surface area contributed by atoms with Crippen LogP contribution in [0.25, 0.3) is 0 Å². The number of hydrogen-bond acceptors (Lipinski definition) is 5. The summed E-state index contributed by atoms with van der Waals surface area (Å²) in [5.41, 5.74) is 2.78. The summed E-state index contributed by atoms with van der Waals surface area (Å²) in [7, 11) is 1.43. The lowest BCUT2D eigenvalue weighted by atomic mass is 10.1. The van der Waals surface area contributed by atoms with Crippen molar-refractivity contribution in [1.29, 1.82) is 0 Å². The third-order valence-electron chi connectivity index (χ3n) is 3.27. The van der Waals surface area contributed by atoms with Gasteiger partial charge in [-0.3, -0.25) is 4.79 Å². The Kier molecular flexibility index (Phi) is 5.07. The summed E-state index contributed by atoms with van der Waals surface area (Å²) in [6.07, 6.45) is 0. The average molecular weight is 318 g/mol. The number of nitrogens with zero attached hydrogens (tertiary/aromatic N) is 3. The van der Waals surface area contributed by atoms with E-state index in [-0.39, 0.29) is 30.4 Å². The Morgan fingerprint density at radius 1 is 1.35 bits per heavy atom. The molecule has 0 saturated heterocycles. The molecule has 0 aliphatic carbocycles. The molecule has 0 fully saturated rings. The number of aromatic carboxylic acids is 1. The zero-order chi connectivity index (χ0) is 17.0. The number of rotatable bonds is 6. The van der Waals surface area contributed by atoms with Crippen LogP contribution in [0.4, 0.5) is 5.69 Å². The maximum Gasteiger partial charge on any atom is 0.358 e. The minimum Gasteiger partial charge on any atom is -0.476 e. The second-order valence-electron chi connectivity index (χ2n) is 5.15. The molecule has 1 aromatic heterocycles. The molecule has 122 valence electrons. The van der Waals surface area contributed by atoms with E-state index in [1.807, 2.05) is 32.0 Å². The zero-order valence-electron chi connectivity index (χ0n) is 13.2. The highest BCUT2D eigenvalue weighted by molar-refractivity contribution is 5.91. The molecular weight excluding hydrogens is 300 g/mol. The molecule has 0 radical (unpaired) electrons. The summed E-state index contributed by atoms with van der Waals surface area (Å²) in [5, 5.41) is 19.1. The van der Waals surface area contributed by atoms with Gasteiger partial charge < -0.3 is 15.2 Å². The maximum absolute atomic E-state index is 12.2. The van der Waals surface area contributed by atoms with Gasteiger partial charge in [0.25, 0.3) is 0 Å². The number of benzene rings is 1. The Bertz CT molecular complexity index is 739. The lowest BCUT2D eigenvalue weighted by molar-refractivity contribution is -0.117. The summed E-state index contributed by atoms with van der Waals surface area (Å²) < 4.78 is 6.18. The van der Waals surface area contributed by atoms with Gasteiger partial charge in [0.05, 0.1) is 12.3 Å². The van der Waals surface area contributed by atoms with Crippen LogP contribution in [0, 0.1) is 13.8 Å². The fourth-order valence-electron chi connectivity index (χ4n) is 2.19. The molecule has 23 heavy (non-hydrogen) atoms. The number of aryl methyl sites for hydroxylation is 2. The van der Waals surface area contributed by atoms with Gasteiger partial charge in [0.2, 0.25) is 5.91 Å². The molecule has 0 atom stereocenters. The van der Waals surface area contributed by atoms with Crippen LogP contribution in [0.2, 0.25) is 0 Å². The summed E-state index contributed by atoms with van der Waals surface area (Å²) >= 11 is 0. The van der Waals surface area contributed by atoms with Gasteiger partial charge in [0.15, 0.2) is 5.69 Å². The Labute approximate surface area is 133 Å². The Hall–Kier alpha value is -2.74. The van der Waals surface area contributed by atoms with Crippen LogP contribution in [-0.4, -0.2) is 39.1 Å². The first-order valence-corrected chi connectivity index (χ1v) is 6.94. The molecule has 0 aliphatic rings. The van der Waals surface area contributed by atoms with Crippen LogP contribution in [0.5, 0.6) is 0 Å². The summed E-state index contributed by atoms with van der Waals surface area (Å²) in [6.45, 7) is 3.73. The van der Waals surface area contributed by atoms with Crippen LogP contribution < -0.4 is 5.32 Å². The molecule has 2 N–H and O–H groups in total. The van der Waals surface area contributed by atoms with Crippen molar-refractivity contribution in [3.05, 3.63) is 40.7 Å². The third-order valence-corrected chi connectivity index (χ3v) is 3.27. The zero-order valence-corrected chi connectivity index (χ0v) is 13.2. The van der Waals surface area contributed by atoms with Gasteiger partial charge in [-0.1, -0.05) is 22.9 Å². The third kappa shape index (κ3) is 3.92. The van der Waals surface area contributed by atoms with Crippen LogP contribution >= 0.6 is 0 Å². The first-order valence-electron chi connectivity index (χ1n) is 6.94. The van der Waals surface area contributed by atoms with E-state index in [0.717, 1.165) is 11.1 Å². The molecule has 0 unspecified atom stereocenters. The van der Waals surface area contributed by atoms with Crippen molar-refractivity contribution in [3.63, 3.8) is 0 Å². The first kappa shape index (κ1) is 16.6. The van der Waals surface area contributed by atoms with Gasteiger partial charge >= 0.3 is 5.97 Å². The van der Waals surface area contributed by atoms with Crippen molar-refractivity contribution >= 4 is 17.6 Å². The first-order chi connectivity index (χ1) is 10.9. The van der Waals surface area contributed by atoms with E-state index in [4.69, 9.17) is 9.84 Å². The molecular formula is C15H18N4O4. The number of carbonyl (C=O) groups is 2. The molecule has 8 nitrogen and oxygen atoms in total. The van der Waals surface area contributed by atoms with Gasteiger partial charge in [-0.15, -0.1) is 5.10 Å². The number of amides is 1. The van der Waals surface area contributed by atoms with Crippen molar-refractivity contribution < 1.29 is 19.4 Å². The number of carboxylic acids is 1. The molecule has 0 bridgehead atoms. The number of methoxy groups -OCH3 is 1.